The number of benzene rings is 1. The van der Waals surface area contributed by atoms with E-state index in [2.05, 4.69) is 9.97 Å². The Bertz CT molecular complexity index is 585. The average Bonchev–Trinajstić information content (AvgIpc) is 2.97. The number of carbonyl (C=O) groups is 2. The molecule has 0 radical (unpaired) electrons. The molecule has 0 saturated heterocycles. The summed E-state index contributed by atoms with van der Waals surface area (Å²) in [5, 5.41) is 24.0. The van der Waals surface area contributed by atoms with Gasteiger partial charge in [-0.25, -0.2) is 14.6 Å². The summed E-state index contributed by atoms with van der Waals surface area (Å²) in [6, 6.07) is 6.82. The van der Waals surface area contributed by atoms with Gasteiger partial charge in [0.15, 0.2) is 0 Å². The topological polar surface area (TPSA) is 133 Å². The monoisotopic (exact) mass is 308 g/mol. The number of phenols is 1. The van der Waals surface area contributed by atoms with E-state index in [0.29, 0.717) is 12.4 Å². The first-order chi connectivity index (χ1) is 10.5. The van der Waals surface area contributed by atoms with Crippen molar-refractivity contribution in [1.82, 2.24) is 9.97 Å². The molecule has 0 aliphatic carbocycles. The maximum atomic E-state index is 9.23. The Balaban J connectivity index is 0.000000346. The second-order valence-electron chi connectivity index (χ2n) is 4.12. The number of nitrogens with one attached hydrogen (secondary N) is 1. The number of aliphatic carboxylic acids is 2. The molecule has 22 heavy (non-hydrogen) atoms. The van der Waals surface area contributed by atoms with Crippen molar-refractivity contribution < 1.29 is 29.6 Å². The van der Waals surface area contributed by atoms with Crippen molar-refractivity contribution in [3.05, 3.63) is 42.5 Å². The first-order valence-corrected chi connectivity index (χ1v) is 6.34. The lowest BCUT2D eigenvalue weighted by Gasteiger charge is -2.05. The Morgan fingerprint density at radius 1 is 1.23 bits per heavy atom. The molecule has 0 unspecified atom stereocenters. The molecule has 118 valence electrons. The Hall–Kier alpha value is -3.03. The van der Waals surface area contributed by atoms with Gasteiger partial charge in [0.2, 0.25) is 0 Å². The third-order valence-corrected chi connectivity index (χ3v) is 2.40. The zero-order chi connectivity index (χ0) is 16.4. The number of imidazole rings is 1. The molecule has 1 aromatic heterocycles. The highest BCUT2D eigenvalue weighted by atomic mass is 16.5. The van der Waals surface area contributed by atoms with Gasteiger partial charge >= 0.3 is 11.9 Å². The van der Waals surface area contributed by atoms with Crippen LogP contribution in [0.2, 0.25) is 0 Å². The van der Waals surface area contributed by atoms with Gasteiger partial charge in [-0.2, -0.15) is 0 Å². The number of hydrogen-bond donors (Lipinski definition) is 4. The summed E-state index contributed by atoms with van der Waals surface area (Å²) in [5.74, 6) is -2.73. The minimum absolute atomic E-state index is 0.227. The van der Waals surface area contributed by atoms with E-state index in [1.54, 1.807) is 24.5 Å². The largest absolute Gasteiger partial charge is 0.508 e. The summed E-state index contributed by atoms with van der Waals surface area (Å²) in [5.41, 5.74) is 1.04. The summed E-state index contributed by atoms with van der Waals surface area (Å²) in [6.45, 7) is 0.621. The highest BCUT2D eigenvalue weighted by Gasteiger charge is 2.04. The lowest BCUT2D eigenvalue weighted by Crippen LogP contribution is -2.09. The predicted molar refractivity (Wildman–Crippen MR) is 75.8 cm³/mol. The van der Waals surface area contributed by atoms with Gasteiger partial charge in [-0.1, -0.05) is 6.07 Å². The molecule has 2 aromatic rings. The number of rotatable bonds is 5. The fourth-order valence-corrected chi connectivity index (χ4v) is 1.44. The summed E-state index contributed by atoms with van der Waals surface area (Å²) in [4.78, 5) is 25.2. The van der Waals surface area contributed by atoms with E-state index in [1.165, 1.54) is 0 Å². The quantitative estimate of drug-likeness (QED) is 0.483. The Morgan fingerprint density at radius 2 is 1.95 bits per heavy atom. The molecule has 0 fully saturated rings. The fraction of sp³-hybridized carbons (Fsp3) is 0.214. The Morgan fingerprint density at radius 3 is 2.50 bits per heavy atom. The highest BCUT2D eigenvalue weighted by molar-refractivity contribution is 6.27. The van der Waals surface area contributed by atoms with E-state index in [-0.39, 0.29) is 5.75 Å². The van der Waals surface area contributed by atoms with E-state index in [9.17, 15) is 5.11 Å². The van der Waals surface area contributed by atoms with E-state index in [0.717, 1.165) is 18.5 Å². The lowest BCUT2D eigenvalue weighted by molar-refractivity contribution is -0.159. The number of H-pyrrole nitrogens is 1. The molecule has 0 spiro atoms. The number of nitrogens with zero attached hydrogens (tertiary/aromatic N) is 1. The standard InChI is InChI=1S/C12H14N2O2.C2H2O4/c15-11-4-1-5-12(7-11)16-6-2-3-10-8-13-9-14-10;3-1(4)2(5)6/h1,4-5,7-9,15H,2-3,6H2,(H,13,14);(H,3,4)(H,5,6). The van der Waals surface area contributed by atoms with Gasteiger partial charge in [0.25, 0.3) is 0 Å². The summed E-state index contributed by atoms with van der Waals surface area (Å²) >= 11 is 0. The molecule has 4 N–H and O–H groups in total. The molecule has 8 nitrogen and oxygen atoms in total. The number of aromatic hydroxyl groups is 1. The second-order valence-corrected chi connectivity index (χ2v) is 4.12. The average molecular weight is 308 g/mol. The molecule has 0 aliphatic heterocycles. The van der Waals surface area contributed by atoms with Crippen LogP contribution in [-0.4, -0.2) is 43.8 Å². The van der Waals surface area contributed by atoms with Gasteiger partial charge in [-0.3, -0.25) is 0 Å². The number of carboxylic acid groups (broad SMARTS) is 2. The minimum Gasteiger partial charge on any atom is -0.508 e. The maximum absolute atomic E-state index is 9.23. The fourth-order valence-electron chi connectivity index (χ4n) is 1.44. The van der Waals surface area contributed by atoms with E-state index >= 15 is 0 Å². The van der Waals surface area contributed by atoms with Crippen LogP contribution in [0.4, 0.5) is 0 Å². The number of aryl methyl sites for hydroxylation is 1. The van der Waals surface area contributed by atoms with Gasteiger partial charge < -0.3 is 25.0 Å². The number of aromatic amines is 1. The number of carboxylic acids is 2. The molecular formula is C14H16N2O6. The van der Waals surface area contributed by atoms with Crippen LogP contribution < -0.4 is 4.74 Å². The van der Waals surface area contributed by atoms with E-state index in [1.807, 2.05) is 12.3 Å². The van der Waals surface area contributed by atoms with Crippen LogP contribution in [0.25, 0.3) is 0 Å². The summed E-state index contributed by atoms with van der Waals surface area (Å²) < 4.78 is 5.49. The number of ether oxygens (including phenoxy) is 1. The molecular weight excluding hydrogens is 292 g/mol. The van der Waals surface area contributed by atoms with Crippen LogP contribution in [0.3, 0.4) is 0 Å². The molecule has 0 atom stereocenters. The van der Waals surface area contributed by atoms with Gasteiger partial charge in [0.1, 0.15) is 11.5 Å². The minimum atomic E-state index is -1.82. The van der Waals surface area contributed by atoms with Gasteiger partial charge in [0.05, 0.1) is 18.6 Å². The van der Waals surface area contributed by atoms with Crippen LogP contribution in [-0.2, 0) is 16.0 Å². The van der Waals surface area contributed by atoms with Crippen molar-refractivity contribution in [2.24, 2.45) is 0 Å². The van der Waals surface area contributed by atoms with Crippen LogP contribution >= 0.6 is 0 Å². The number of aromatic nitrogens is 2. The molecule has 0 aliphatic rings. The van der Waals surface area contributed by atoms with Gasteiger partial charge in [-0.05, 0) is 25.0 Å². The third kappa shape index (κ3) is 6.94. The smallest absolute Gasteiger partial charge is 0.414 e. The second kappa shape index (κ2) is 9.01. The summed E-state index contributed by atoms with van der Waals surface area (Å²) in [7, 11) is 0. The zero-order valence-electron chi connectivity index (χ0n) is 11.6. The predicted octanol–water partition coefficient (Wildman–Crippen LogP) is 1.28. The summed E-state index contributed by atoms with van der Waals surface area (Å²) in [6.07, 6.45) is 5.35. The van der Waals surface area contributed by atoms with Crippen molar-refractivity contribution in [3.63, 3.8) is 0 Å². The van der Waals surface area contributed by atoms with Gasteiger partial charge in [-0.15, -0.1) is 0 Å². The van der Waals surface area contributed by atoms with Crippen molar-refractivity contribution in [3.8, 4) is 11.5 Å². The zero-order valence-corrected chi connectivity index (χ0v) is 11.6. The molecule has 1 heterocycles. The third-order valence-electron chi connectivity index (χ3n) is 2.40. The van der Waals surface area contributed by atoms with Crippen molar-refractivity contribution in [2.75, 3.05) is 6.61 Å². The van der Waals surface area contributed by atoms with E-state index in [4.69, 9.17) is 24.5 Å². The molecule has 0 saturated carbocycles. The maximum Gasteiger partial charge on any atom is 0.414 e. The van der Waals surface area contributed by atoms with Crippen LogP contribution in [0, 0.1) is 0 Å². The van der Waals surface area contributed by atoms with Crippen molar-refractivity contribution in [2.45, 2.75) is 12.8 Å². The first-order valence-electron chi connectivity index (χ1n) is 6.34. The molecule has 2 rings (SSSR count). The van der Waals surface area contributed by atoms with Crippen LogP contribution in [0.15, 0.2) is 36.8 Å². The molecule has 1 aromatic carbocycles. The van der Waals surface area contributed by atoms with Crippen molar-refractivity contribution >= 4 is 11.9 Å². The molecule has 0 bridgehead atoms. The Kier molecular flexibility index (Phi) is 6.97. The highest BCUT2D eigenvalue weighted by Crippen LogP contribution is 2.17. The first kappa shape index (κ1) is 17.0. The Labute approximate surface area is 126 Å². The van der Waals surface area contributed by atoms with Crippen molar-refractivity contribution in [1.29, 1.82) is 0 Å². The lowest BCUT2D eigenvalue weighted by atomic mass is 10.2. The normalized spacial score (nSPS) is 9.45. The van der Waals surface area contributed by atoms with Crippen LogP contribution in [0.5, 0.6) is 11.5 Å². The number of phenolic OH excluding ortho intramolecular Hbond substituents is 1. The molecule has 8 heteroatoms. The van der Waals surface area contributed by atoms with Gasteiger partial charge in [0, 0.05) is 12.3 Å². The SMILES string of the molecule is O=C(O)C(=O)O.Oc1cccc(OCCCc2c[nH]cn2)c1. The van der Waals surface area contributed by atoms with Crippen LogP contribution in [0.1, 0.15) is 12.1 Å². The molecule has 0 amide bonds. The number of hydrogen-bond acceptors (Lipinski definition) is 5. The van der Waals surface area contributed by atoms with E-state index < -0.39 is 11.9 Å².